The number of hydrazine groups is 1. The van der Waals surface area contributed by atoms with Crippen LogP contribution in [-0.4, -0.2) is 90.9 Å². The molecule has 24 heteroatoms. The van der Waals surface area contributed by atoms with Crippen LogP contribution in [0.5, 0.6) is 0 Å². The van der Waals surface area contributed by atoms with Crippen LogP contribution in [0.3, 0.4) is 0 Å². The van der Waals surface area contributed by atoms with Crippen molar-refractivity contribution in [1.29, 1.82) is 0 Å². The molecule has 56 heavy (non-hydrogen) atoms. The van der Waals surface area contributed by atoms with Crippen LogP contribution in [0, 0.1) is 4.91 Å². The second kappa shape index (κ2) is 15.8. The Morgan fingerprint density at radius 2 is 1.61 bits per heavy atom. The Morgan fingerprint density at radius 3 is 2.21 bits per heavy atom. The molecule has 1 aromatic heterocycles. The summed E-state index contributed by atoms with van der Waals surface area (Å²) in [5, 5.41) is 22.3. The molecule has 1 aliphatic heterocycles. The number of amides is 5. The maximum absolute atomic E-state index is 13.4. The predicted molar refractivity (Wildman–Crippen MR) is 189 cm³/mol. The summed E-state index contributed by atoms with van der Waals surface area (Å²) in [6.45, 7) is -0.845. The smallest absolute Gasteiger partial charge is 0.317 e. The van der Waals surface area contributed by atoms with E-state index in [1.807, 2.05) is 0 Å². The minimum Gasteiger partial charge on any atom is -0.748 e. The van der Waals surface area contributed by atoms with Crippen LogP contribution >= 0.6 is 0 Å². The third-order valence-corrected chi connectivity index (χ3v) is 9.95. The van der Waals surface area contributed by atoms with Gasteiger partial charge in [0.1, 0.15) is 5.58 Å². The summed E-state index contributed by atoms with van der Waals surface area (Å²) >= 11 is 0. The lowest BCUT2D eigenvalue weighted by molar-refractivity contribution is -0.514. The third kappa shape index (κ3) is 8.11. The zero-order valence-corrected chi connectivity index (χ0v) is 30.0. The molecule has 0 bridgehead atoms. The maximum atomic E-state index is 13.4. The van der Waals surface area contributed by atoms with Gasteiger partial charge in [-0.1, -0.05) is 0 Å². The quantitative estimate of drug-likeness (QED) is 0.0137. The van der Waals surface area contributed by atoms with Gasteiger partial charge in [0.05, 0.1) is 26.3 Å². The topological polar surface area (TPSA) is 365 Å². The summed E-state index contributed by atoms with van der Waals surface area (Å²) in [6.07, 6.45) is 1.76. The predicted octanol–water partition coefficient (Wildman–Crippen LogP) is -3.87. The van der Waals surface area contributed by atoms with Crippen molar-refractivity contribution < 1.29 is 64.5 Å². The molecule has 0 saturated heterocycles. The molecule has 0 unspecified atom stereocenters. The lowest BCUT2D eigenvalue weighted by Crippen LogP contribution is -2.84. The second-order valence-electron chi connectivity index (χ2n) is 11.7. The molecular formula is C32H28N8O14S2. The Morgan fingerprint density at radius 1 is 0.946 bits per heavy atom. The van der Waals surface area contributed by atoms with E-state index in [-0.39, 0.29) is 52.3 Å². The highest BCUT2D eigenvalue weighted by molar-refractivity contribution is 7.86. The van der Waals surface area contributed by atoms with E-state index in [2.05, 4.69) is 26.0 Å². The lowest BCUT2D eigenvalue weighted by Gasteiger charge is -2.17. The van der Waals surface area contributed by atoms with E-state index < -0.39 is 100 Å². The van der Waals surface area contributed by atoms with Crippen molar-refractivity contribution in [3.05, 3.63) is 86.6 Å². The number of carbonyl (C=O) groups excluding carboxylic acids is 5. The van der Waals surface area contributed by atoms with Crippen molar-refractivity contribution >= 4 is 77.5 Å². The molecule has 292 valence electrons. The van der Waals surface area contributed by atoms with Crippen molar-refractivity contribution in [2.75, 3.05) is 25.4 Å². The number of nitrogens with two attached hydrogens (primary N) is 2. The van der Waals surface area contributed by atoms with Gasteiger partial charge in [-0.25, -0.2) is 14.3 Å². The number of rotatable bonds is 12. The number of nitrogens with one attached hydrogen (secondary N) is 3. The maximum Gasteiger partial charge on any atom is 0.317 e. The van der Waals surface area contributed by atoms with E-state index in [1.165, 1.54) is 18.2 Å². The number of nitroso groups, excluding NO2 is 1. The normalized spacial score (nSPS) is 14.4. The van der Waals surface area contributed by atoms with E-state index >= 15 is 0 Å². The molecule has 9 N–H and O–H groups in total. The first-order chi connectivity index (χ1) is 26.4. The number of imide groups is 1. The SMILES string of the molecule is NN=c1ccc2c(-c3cc(C(=O)NCCN4C(=O)C=CC4=O)ccc3C(=O)N=O)c3ccc(=[NH+]N)c(S(=O)(=O)O)c3oc2c1=C(O)C(=O)NCCCS(=O)(=O)[O-]. The molecule has 3 aromatic carbocycles. The van der Waals surface area contributed by atoms with Crippen LogP contribution in [-0.2, 0) is 34.6 Å². The zero-order chi connectivity index (χ0) is 41.1. The highest BCUT2D eigenvalue weighted by atomic mass is 32.2. The van der Waals surface area contributed by atoms with Crippen LogP contribution in [0.1, 0.15) is 27.1 Å². The van der Waals surface area contributed by atoms with Gasteiger partial charge < -0.3 is 30.6 Å². The summed E-state index contributed by atoms with van der Waals surface area (Å²) in [6, 6.07) is 8.05. The Bertz CT molecular complexity index is 2840. The molecule has 1 aliphatic rings. The summed E-state index contributed by atoms with van der Waals surface area (Å²) < 4.78 is 75.0. The first-order valence-electron chi connectivity index (χ1n) is 15.8. The van der Waals surface area contributed by atoms with Gasteiger partial charge in [-0.3, -0.25) is 33.4 Å². The number of fused-ring (bicyclic) bond motifs is 2. The van der Waals surface area contributed by atoms with Crippen molar-refractivity contribution in [1.82, 2.24) is 15.5 Å². The second-order valence-corrected chi connectivity index (χ2v) is 14.6. The fourth-order valence-electron chi connectivity index (χ4n) is 5.79. The van der Waals surface area contributed by atoms with Crippen molar-refractivity contribution in [3.8, 4) is 11.1 Å². The molecule has 0 radical (unpaired) electrons. The van der Waals surface area contributed by atoms with Crippen LogP contribution in [0.15, 0.2) is 74.2 Å². The van der Waals surface area contributed by atoms with Crippen LogP contribution in [0.2, 0.25) is 0 Å². The van der Waals surface area contributed by atoms with E-state index in [0.717, 1.165) is 41.3 Å². The first-order valence-corrected chi connectivity index (χ1v) is 18.8. The molecule has 5 amide bonds. The number of aliphatic hydroxyl groups excluding tert-OH is 1. The van der Waals surface area contributed by atoms with Gasteiger partial charge in [-0.15, -0.1) is 10.0 Å². The Kier molecular flexibility index (Phi) is 11.4. The number of hydrogen-bond donors (Lipinski definition) is 7. The van der Waals surface area contributed by atoms with E-state index in [4.69, 9.17) is 16.1 Å². The molecule has 0 atom stereocenters. The molecular weight excluding hydrogens is 785 g/mol. The molecule has 4 aromatic rings. The van der Waals surface area contributed by atoms with Gasteiger partial charge in [0.15, 0.2) is 11.3 Å². The number of aliphatic hydroxyl groups is 1. The van der Waals surface area contributed by atoms with Crippen molar-refractivity contribution in [2.24, 2.45) is 22.0 Å². The first kappa shape index (κ1) is 40.3. The summed E-state index contributed by atoms with van der Waals surface area (Å²) in [7, 11) is -9.92. The number of hydrogen-bond acceptors (Lipinski definition) is 16. The minimum atomic E-state index is -5.27. The largest absolute Gasteiger partial charge is 0.748 e. The van der Waals surface area contributed by atoms with E-state index in [0.29, 0.717) is 0 Å². The van der Waals surface area contributed by atoms with Crippen LogP contribution in [0.25, 0.3) is 38.8 Å². The monoisotopic (exact) mass is 812 g/mol. The average Bonchev–Trinajstić information content (AvgIpc) is 3.48. The van der Waals surface area contributed by atoms with Crippen LogP contribution in [0.4, 0.5) is 0 Å². The summed E-state index contributed by atoms with van der Waals surface area (Å²) in [4.78, 5) is 74.9. The highest BCUT2D eigenvalue weighted by Gasteiger charge is 2.29. The Labute approximate surface area is 313 Å². The Balaban J connectivity index is 1.84. The van der Waals surface area contributed by atoms with Crippen molar-refractivity contribution in [2.45, 2.75) is 11.3 Å². The summed E-state index contributed by atoms with van der Waals surface area (Å²) in [5.74, 6) is 4.44. The number of benzene rings is 3. The average molecular weight is 813 g/mol. The fraction of sp³-hybridized carbons (Fsp3) is 0.156. The molecule has 0 aliphatic carbocycles. The van der Waals surface area contributed by atoms with Gasteiger partial charge in [0.25, 0.3) is 29.0 Å². The molecule has 0 fully saturated rings. The number of nitrogens with zero attached hydrogens (tertiary/aromatic N) is 3. The summed E-state index contributed by atoms with van der Waals surface area (Å²) in [5.41, 5.74) is -2.39. The standard InChI is InChI=1S/C32H28N8O14S2/c33-37-20-6-4-17-24(19-14-15(2-3-16(19)31(45)39-47)30(44)36-11-12-40-22(41)8-9-23(40)42)18-5-7-21(38-34)29(56(51,52)53)28(18)54-27(17)25(20)26(43)32(46)35-10-1-13-55(48,49)50/h2-9,14,43H,1,10-13,33-34H2,(H,35,46)(H,36,44)(H,48,49,50)(H,51,52,53). The molecule has 0 spiro atoms. The fourth-order valence-corrected chi connectivity index (χ4v) is 7.08. The third-order valence-electron chi connectivity index (χ3n) is 8.24. The van der Waals surface area contributed by atoms with Gasteiger partial charge in [0.2, 0.25) is 4.90 Å². The Hall–Kier alpha value is -6.89. The molecule has 5 rings (SSSR count). The van der Waals surface area contributed by atoms with Crippen molar-refractivity contribution in [3.63, 3.8) is 0 Å². The van der Waals surface area contributed by atoms with Gasteiger partial charge in [-0.05, 0) is 48.4 Å². The number of carbonyl (C=O) groups is 5. The molecule has 2 heterocycles. The molecule has 0 saturated carbocycles. The zero-order valence-electron chi connectivity index (χ0n) is 28.3. The van der Waals surface area contributed by atoms with Gasteiger partial charge >= 0.3 is 16.0 Å². The minimum absolute atomic E-state index is 0.150. The van der Waals surface area contributed by atoms with E-state index in [9.17, 15) is 59.9 Å². The van der Waals surface area contributed by atoms with Gasteiger partial charge in [0, 0.05) is 70.7 Å². The van der Waals surface area contributed by atoms with E-state index in [1.54, 1.807) is 0 Å². The van der Waals surface area contributed by atoms with Crippen LogP contribution < -0.4 is 43.4 Å². The molecule has 22 nitrogen and oxygen atoms in total. The highest BCUT2D eigenvalue weighted by Crippen LogP contribution is 2.39. The lowest BCUT2D eigenvalue weighted by atomic mass is 9.91. The van der Waals surface area contributed by atoms with Gasteiger partial charge in [-0.2, -0.15) is 13.5 Å².